The van der Waals surface area contributed by atoms with Crippen LogP contribution in [0.4, 0.5) is 5.95 Å². The van der Waals surface area contributed by atoms with E-state index in [1.165, 1.54) is 6.20 Å². The topological polar surface area (TPSA) is 95.8 Å². The van der Waals surface area contributed by atoms with Crippen LogP contribution in [0.3, 0.4) is 0 Å². The van der Waals surface area contributed by atoms with Gasteiger partial charge in [-0.25, -0.2) is 4.68 Å². The molecule has 0 aliphatic heterocycles. The fourth-order valence-corrected chi connectivity index (χ4v) is 2.26. The molecule has 0 saturated heterocycles. The first kappa shape index (κ1) is 16.2. The van der Waals surface area contributed by atoms with Gasteiger partial charge in [-0.05, 0) is 17.5 Å². The fraction of sp³-hybridized carbons (Fsp3) is 0.353. The molecular formula is C17H21N5O2. The molecule has 3 N–H and O–H groups in total. The molecule has 0 radical (unpaired) electrons. The third kappa shape index (κ3) is 3.16. The molecule has 2 aromatic heterocycles. The summed E-state index contributed by atoms with van der Waals surface area (Å²) < 4.78 is 1.62. The molecule has 2 heterocycles. The number of hydrogen-bond donors (Lipinski definition) is 3. The molecule has 3 aromatic rings. The third-order valence-electron chi connectivity index (χ3n) is 3.90. The van der Waals surface area contributed by atoms with Crippen LogP contribution in [-0.2, 0) is 0 Å². The molecule has 126 valence electrons. The summed E-state index contributed by atoms with van der Waals surface area (Å²) in [5.74, 6) is 0.313. The lowest BCUT2D eigenvalue weighted by Crippen LogP contribution is -2.33. The molecular weight excluding hydrogens is 306 g/mol. The van der Waals surface area contributed by atoms with E-state index in [0.29, 0.717) is 17.0 Å². The summed E-state index contributed by atoms with van der Waals surface area (Å²) in [5.41, 5.74) is 0.766. The summed E-state index contributed by atoms with van der Waals surface area (Å²) in [7, 11) is 0. The minimum Gasteiger partial charge on any atom is -0.391 e. The number of para-hydroxylation sites is 1. The average molecular weight is 327 g/mol. The van der Waals surface area contributed by atoms with Crippen LogP contribution in [0.2, 0.25) is 0 Å². The number of aromatic amines is 1. The van der Waals surface area contributed by atoms with Crippen molar-refractivity contribution in [3.63, 3.8) is 0 Å². The Morgan fingerprint density at radius 1 is 1.29 bits per heavy atom. The van der Waals surface area contributed by atoms with Crippen molar-refractivity contribution in [2.45, 2.75) is 26.9 Å². The Bertz CT molecular complexity index is 893. The van der Waals surface area contributed by atoms with E-state index in [2.05, 4.69) is 20.4 Å². The number of aliphatic hydroxyl groups is 1. The zero-order valence-corrected chi connectivity index (χ0v) is 13.9. The van der Waals surface area contributed by atoms with E-state index in [9.17, 15) is 9.90 Å². The van der Waals surface area contributed by atoms with Gasteiger partial charge in [-0.1, -0.05) is 39.0 Å². The smallest absolute Gasteiger partial charge is 0.263 e. The van der Waals surface area contributed by atoms with E-state index in [0.717, 1.165) is 5.69 Å². The van der Waals surface area contributed by atoms with Gasteiger partial charge in [-0.15, -0.1) is 0 Å². The SMILES string of the molecule is CC(C)(C)C(O)CNc1nc2c(cnn2-c2ccccc2)c(=O)[nH]1. The second-order valence-electron chi connectivity index (χ2n) is 6.81. The highest BCUT2D eigenvalue weighted by molar-refractivity contribution is 5.76. The van der Waals surface area contributed by atoms with Crippen LogP contribution in [-0.4, -0.2) is 37.5 Å². The van der Waals surface area contributed by atoms with Gasteiger partial charge in [0.25, 0.3) is 5.56 Å². The molecule has 7 heteroatoms. The van der Waals surface area contributed by atoms with Crippen LogP contribution in [0.5, 0.6) is 0 Å². The first-order chi connectivity index (χ1) is 11.4. The number of benzene rings is 1. The van der Waals surface area contributed by atoms with Crippen molar-refractivity contribution >= 4 is 17.0 Å². The largest absolute Gasteiger partial charge is 0.391 e. The molecule has 24 heavy (non-hydrogen) atoms. The van der Waals surface area contributed by atoms with Gasteiger partial charge in [-0.2, -0.15) is 10.1 Å². The van der Waals surface area contributed by atoms with E-state index < -0.39 is 6.10 Å². The summed E-state index contributed by atoms with van der Waals surface area (Å²) >= 11 is 0. The summed E-state index contributed by atoms with van der Waals surface area (Å²) in [6.07, 6.45) is 0.930. The molecule has 1 aromatic carbocycles. The zero-order valence-electron chi connectivity index (χ0n) is 13.9. The Kier molecular flexibility index (Phi) is 4.11. The maximum Gasteiger partial charge on any atom is 0.263 e. The van der Waals surface area contributed by atoms with E-state index in [1.54, 1.807) is 4.68 Å². The highest BCUT2D eigenvalue weighted by atomic mass is 16.3. The summed E-state index contributed by atoms with van der Waals surface area (Å²) in [6.45, 7) is 6.13. The molecule has 1 unspecified atom stereocenters. The monoisotopic (exact) mass is 327 g/mol. The predicted octanol–water partition coefficient (Wildman–Crippen LogP) is 1.93. The van der Waals surface area contributed by atoms with Gasteiger partial charge >= 0.3 is 0 Å². The number of fused-ring (bicyclic) bond motifs is 1. The standard InChI is InChI=1S/C17H21N5O2/c1-17(2,3)13(23)10-18-16-20-14-12(15(24)21-16)9-19-22(14)11-7-5-4-6-8-11/h4-9,13,23H,10H2,1-3H3,(H2,18,20,21,24). The quantitative estimate of drug-likeness (QED) is 0.680. The van der Waals surface area contributed by atoms with Crippen molar-refractivity contribution < 1.29 is 5.11 Å². The highest BCUT2D eigenvalue weighted by Crippen LogP contribution is 2.19. The van der Waals surface area contributed by atoms with E-state index in [-0.39, 0.29) is 17.5 Å². The van der Waals surface area contributed by atoms with Crippen molar-refractivity contribution in [2.24, 2.45) is 5.41 Å². The van der Waals surface area contributed by atoms with Crippen molar-refractivity contribution in [3.05, 3.63) is 46.9 Å². The van der Waals surface area contributed by atoms with Gasteiger partial charge in [0.1, 0.15) is 5.39 Å². The minimum absolute atomic E-state index is 0.261. The molecule has 0 spiro atoms. The Hall–Kier alpha value is -2.67. The Balaban J connectivity index is 1.95. The number of aromatic nitrogens is 4. The molecule has 0 fully saturated rings. The lowest BCUT2D eigenvalue weighted by Gasteiger charge is -2.25. The van der Waals surface area contributed by atoms with Gasteiger partial charge < -0.3 is 10.4 Å². The van der Waals surface area contributed by atoms with E-state index in [4.69, 9.17) is 0 Å². The first-order valence-corrected chi connectivity index (χ1v) is 7.81. The Labute approximate surface area is 139 Å². The molecule has 1 atom stereocenters. The van der Waals surface area contributed by atoms with Gasteiger partial charge in [-0.3, -0.25) is 9.78 Å². The normalized spacial score (nSPS) is 13.2. The van der Waals surface area contributed by atoms with Gasteiger partial charge in [0, 0.05) is 6.54 Å². The highest BCUT2D eigenvalue weighted by Gasteiger charge is 2.22. The minimum atomic E-state index is -0.572. The second kappa shape index (κ2) is 6.09. The zero-order chi connectivity index (χ0) is 17.3. The van der Waals surface area contributed by atoms with Crippen LogP contribution in [0.25, 0.3) is 16.7 Å². The van der Waals surface area contributed by atoms with E-state index in [1.807, 2.05) is 51.1 Å². The van der Waals surface area contributed by atoms with Gasteiger partial charge in [0.05, 0.1) is 18.0 Å². The molecule has 0 bridgehead atoms. The fourth-order valence-electron chi connectivity index (χ4n) is 2.26. The van der Waals surface area contributed by atoms with Crippen molar-refractivity contribution in [1.82, 2.24) is 19.7 Å². The lowest BCUT2D eigenvalue weighted by atomic mass is 9.89. The van der Waals surface area contributed by atoms with Crippen LogP contribution in [0, 0.1) is 5.41 Å². The average Bonchev–Trinajstić information content (AvgIpc) is 2.97. The van der Waals surface area contributed by atoms with Crippen LogP contribution >= 0.6 is 0 Å². The molecule has 0 aliphatic carbocycles. The number of nitrogens with zero attached hydrogens (tertiary/aromatic N) is 3. The third-order valence-corrected chi connectivity index (χ3v) is 3.90. The van der Waals surface area contributed by atoms with Crippen LogP contribution in [0.15, 0.2) is 41.3 Å². The number of anilines is 1. The van der Waals surface area contributed by atoms with E-state index >= 15 is 0 Å². The molecule has 3 rings (SSSR count). The van der Waals surface area contributed by atoms with Crippen LogP contribution < -0.4 is 10.9 Å². The molecule has 7 nitrogen and oxygen atoms in total. The second-order valence-corrected chi connectivity index (χ2v) is 6.81. The number of rotatable bonds is 4. The Morgan fingerprint density at radius 2 is 2.00 bits per heavy atom. The van der Waals surface area contributed by atoms with Gasteiger partial charge in [0.15, 0.2) is 5.65 Å². The van der Waals surface area contributed by atoms with Gasteiger partial charge in [0.2, 0.25) is 5.95 Å². The summed E-state index contributed by atoms with van der Waals surface area (Å²) in [5, 5.41) is 17.8. The predicted molar refractivity (Wildman–Crippen MR) is 93.4 cm³/mol. The summed E-state index contributed by atoms with van der Waals surface area (Å²) in [6, 6.07) is 9.50. The molecule has 0 aliphatic rings. The molecule has 0 amide bonds. The van der Waals surface area contributed by atoms with Crippen molar-refractivity contribution in [3.8, 4) is 5.69 Å². The van der Waals surface area contributed by atoms with Crippen LogP contribution in [0.1, 0.15) is 20.8 Å². The first-order valence-electron chi connectivity index (χ1n) is 7.81. The number of hydrogen-bond acceptors (Lipinski definition) is 5. The summed E-state index contributed by atoms with van der Waals surface area (Å²) in [4.78, 5) is 19.4. The van der Waals surface area contributed by atoms with Crippen molar-refractivity contribution in [1.29, 1.82) is 0 Å². The maximum atomic E-state index is 12.2. The number of H-pyrrole nitrogens is 1. The molecule has 0 saturated carbocycles. The number of aliphatic hydroxyl groups excluding tert-OH is 1. The lowest BCUT2D eigenvalue weighted by molar-refractivity contribution is 0.0744. The number of nitrogens with one attached hydrogen (secondary N) is 2. The Morgan fingerprint density at radius 3 is 2.67 bits per heavy atom. The van der Waals surface area contributed by atoms with Crippen molar-refractivity contribution in [2.75, 3.05) is 11.9 Å². The maximum absolute atomic E-state index is 12.2.